The zero-order chi connectivity index (χ0) is 19.6. The minimum absolute atomic E-state index is 0.171. The van der Waals surface area contributed by atoms with E-state index >= 15 is 0 Å². The third-order valence-corrected chi connectivity index (χ3v) is 4.89. The lowest BCUT2D eigenvalue weighted by Crippen LogP contribution is -2.44. The molecule has 0 N–H and O–H groups in total. The molecule has 2 atom stereocenters. The van der Waals surface area contributed by atoms with Gasteiger partial charge in [0.25, 0.3) is 5.91 Å². The number of para-hydroxylation sites is 1. The Morgan fingerprint density at radius 2 is 1.63 bits per heavy atom. The van der Waals surface area contributed by atoms with Gasteiger partial charge in [-0.15, -0.1) is 0 Å². The van der Waals surface area contributed by atoms with Crippen LogP contribution in [0.15, 0.2) is 42.5 Å². The average Bonchev–Trinajstić information content (AvgIpc) is 2.71. The number of hydrogen-bond acceptors (Lipinski definition) is 5. The fourth-order valence-electron chi connectivity index (χ4n) is 3.56. The predicted octanol–water partition coefficient (Wildman–Crippen LogP) is 3.40. The van der Waals surface area contributed by atoms with E-state index < -0.39 is 0 Å². The third kappa shape index (κ3) is 3.47. The maximum Gasteiger partial charge on any atom is 0.313 e. The van der Waals surface area contributed by atoms with Crippen LogP contribution >= 0.6 is 0 Å². The first-order chi connectivity index (χ1) is 13.0. The van der Waals surface area contributed by atoms with Gasteiger partial charge < -0.3 is 19.1 Å². The van der Waals surface area contributed by atoms with Crippen LogP contribution in [0.5, 0.6) is 11.5 Å². The standard InChI is InChI=1S/C21H23NO5/c1-13-9-18(21(24)27-4)17-7-5-6-8-19(17)22(13)20(23)14-10-15(25-2)12-16(11-14)26-3/h5-8,10-13,18H,9H2,1-4H3. The first-order valence-electron chi connectivity index (χ1n) is 8.73. The van der Waals surface area contributed by atoms with Crippen LogP contribution in [0.25, 0.3) is 0 Å². The predicted molar refractivity (Wildman–Crippen MR) is 102 cm³/mol. The first-order valence-corrected chi connectivity index (χ1v) is 8.73. The monoisotopic (exact) mass is 369 g/mol. The van der Waals surface area contributed by atoms with Crippen molar-refractivity contribution < 1.29 is 23.8 Å². The summed E-state index contributed by atoms with van der Waals surface area (Å²) in [6, 6.07) is 12.4. The van der Waals surface area contributed by atoms with Gasteiger partial charge in [0.05, 0.1) is 27.2 Å². The van der Waals surface area contributed by atoms with E-state index in [1.165, 1.54) is 7.11 Å². The van der Waals surface area contributed by atoms with Crippen LogP contribution in [-0.4, -0.2) is 39.2 Å². The van der Waals surface area contributed by atoms with E-state index in [-0.39, 0.29) is 23.8 Å². The van der Waals surface area contributed by atoms with Crippen LogP contribution in [0.4, 0.5) is 5.69 Å². The number of carbonyl (C=O) groups excluding carboxylic acids is 2. The summed E-state index contributed by atoms with van der Waals surface area (Å²) in [5, 5.41) is 0. The molecule has 142 valence electrons. The smallest absolute Gasteiger partial charge is 0.313 e. The largest absolute Gasteiger partial charge is 0.497 e. The molecule has 0 aromatic heterocycles. The number of methoxy groups -OCH3 is 3. The molecule has 1 amide bonds. The van der Waals surface area contributed by atoms with E-state index in [1.807, 2.05) is 31.2 Å². The molecule has 6 heteroatoms. The Morgan fingerprint density at radius 1 is 1.00 bits per heavy atom. The molecule has 3 rings (SSSR count). The Kier molecular flexibility index (Phi) is 5.35. The first kappa shape index (κ1) is 18.8. The summed E-state index contributed by atoms with van der Waals surface area (Å²) >= 11 is 0. The lowest BCUT2D eigenvalue weighted by molar-refractivity contribution is -0.142. The van der Waals surface area contributed by atoms with Crippen LogP contribution in [-0.2, 0) is 9.53 Å². The molecule has 0 aliphatic carbocycles. The summed E-state index contributed by atoms with van der Waals surface area (Å²) in [5.41, 5.74) is 1.98. The van der Waals surface area contributed by atoms with Gasteiger partial charge in [-0.2, -0.15) is 0 Å². The van der Waals surface area contributed by atoms with Gasteiger partial charge >= 0.3 is 5.97 Å². The number of ether oxygens (including phenoxy) is 3. The second kappa shape index (κ2) is 7.70. The molecular weight excluding hydrogens is 346 g/mol. The normalized spacial score (nSPS) is 18.4. The molecule has 0 fully saturated rings. The van der Waals surface area contributed by atoms with Crippen molar-refractivity contribution in [3.05, 3.63) is 53.6 Å². The number of fused-ring (bicyclic) bond motifs is 1. The Labute approximate surface area is 158 Å². The second-order valence-electron chi connectivity index (χ2n) is 6.50. The number of rotatable bonds is 4. The van der Waals surface area contributed by atoms with E-state index in [0.29, 0.717) is 23.5 Å². The van der Waals surface area contributed by atoms with E-state index in [4.69, 9.17) is 14.2 Å². The molecule has 0 radical (unpaired) electrons. The van der Waals surface area contributed by atoms with Crippen LogP contribution in [0, 0.1) is 0 Å². The summed E-state index contributed by atoms with van der Waals surface area (Å²) in [5.74, 6) is 0.246. The van der Waals surface area contributed by atoms with Crippen LogP contribution in [0.3, 0.4) is 0 Å². The number of amides is 1. The van der Waals surface area contributed by atoms with Gasteiger partial charge in [0.1, 0.15) is 11.5 Å². The van der Waals surface area contributed by atoms with Gasteiger partial charge in [0, 0.05) is 23.4 Å². The van der Waals surface area contributed by atoms with Crippen molar-refractivity contribution >= 4 is 17.6 Å². The zero-order valence-corrected chi connectivity index (χ0v) is 15.9. The summed E-state index contributed by atoms with van der Waals surface area (Å²) in [6.07, 6.45) is 0.497. The summed E-state index contributed by atoms with van der Waals surface area (Å²) in [7, 11) is 4.47. The number of esters is 1. The van der Waals surface area contributed by atoms with Crippen molar-refractivity contribution in [1.82, 2.24) is 0 Å². The highest BCUT2D eigenvalue weighted by Gasteiger charge is 2.37. The Morgan fingerprint density at radius 3 is 2.22 bits per heavy atom. The Hall–Kier alpha value is -3.02. The molecule has 1 aliphatic rings. The Balaban J connectivity index is 2.05. The number of anilines is 1. The molecule has 2 unspecified atom stereocenters. The van der Waals surface area contributed by atoms with E-state index in [1.54, 1.807) is 37.3 Å². The van der Waals surface area contributed by atoms with Crippen molar-refractivity contribution in [3.63, 3.8) is 0 Å². The number of nitrogens with zero attached hydrogens (tertiary/aromatic N) is 1. The number of hydrogen-bond donors (Lipinski definition) is 0. The van der Waals surface area contributed by atoms with Gasteiger partial charge in [-0.3, -0.25) is 9.59 Å². The minimum Gasteiger partial charge on any atom is -0.497 e. The molecule has 0 saturated carbocycles. The van der Waals surface area contributed by atoms with Gasteiger partial charge in [0.15, 0.2) is 0 Å². The summed E-state index contributed by atoms with van der Waals surface area (Å²) in [4.78, 5) is 27.3. The molecule has 0 spiro atoms. The topological polar surface area (TPSA) is 65.1 Å². The lowest BCUT2D eigenvalue weighted by Gasteiger charge is -2.38. The van der Waals surface area contributed by atoms with Gasteiger partial charge in [0.2, 0.25) is 0 Å². The highest BCUT2D eigenvalue weighted by Crippen LogP contribution is 2.40. The van der Waals surface area contributed by atoms with Gasteiger partial charge in [-0.1, -0.05) is 18.2 Å². The minimum atomic E-state index is -0.384. The van der Waals surface area contributed by atoms with Crippen molar-refractivity contribution in [3.8, 4) is 11.5 Å². The molecule has 0 saturated heterocycles. The fraction of sp³-hybridized carbons (Fsp3) is 0.333. The van der Waals surface area contributed by atoms with Crippen molar-refractivity contribution in [2.24, 2.45) is 0 Å². The van der Waals surface area contributed by atoms with Crippen LogP contribution < -0.4 is 14.4 Å². The molecule has 2 aromatic rings. The maximum atomic E-state index is 13.4. The average molecular weight is 369 g/mol. The maximum absolute atomic E-state index is 13.4. The van der Waals surface area contributed by atoms with Crippen molar-refractivity contribution in [2.75, 3.05) is 26.2 Å². The van der Waals surface area contributed by atoms with E-state index in [9.17, 15) is 9.59 Å². The van der Waals surface area contributed by atoms with E-state index in [2.05, 4.69) is 0 Å². The molecule has 2 aromatic carbocycles. The highest BCUT2D eigenvalue weighted by atomic mass is 16.5. The number of carbonyl (C=O) groups is 2. The Bertz CT molecular complexity index is 841. The fourth-order valence-corrected chi connectivity index (χ4v) is 3.56. The van der Waals surface area contributed by atoms with Gasteiger partial charge in [-0.05, 0) is 37.1 Å². The number of benzene rings is 2. The molecule has 1 heterocycles. The molecular formula is C21H23NO5. The van der Waals surface area contributed by atoms with Crippen molar-refractivity contribution in [1.29, 1.82) is 0 Å². The third-order valence-electron chi connectivity index (χ3n) is 4.89. The van der Waals surface area contributed by atoms with Crippen LogP contribution in [0.1, 0.15) is 35.2 Å². The molecule has 1 aliphatic heterocycles. The summed E-state index contributed by atoms with van der Waals surface area (Å²) < 4.78 is 15.5. The van der Waals surface area contributed by atoms with E-state index in [0.717, 1.165) is 11.3 Å². The quantitative estimate of drug-likeness (QED) is 0.773. The van der Waals surface area contributed by atoms with Crippen LogP contribution in [0.2, 0.25) is 0 Å². The lowest BCUT2D eigenvalue weighted by atomic mass is 9.85. The second-order valence-corrected chi connectivity index (χ2v) is 6.50. The SMILES string of the molecule is COC(=O)C1CC(C)N(C(=O)c2cc(OC)cc(OC)c2)c2ccccc21. The molecule has 6 nitrogen and oxygen atoms in total. The van der Waals surface area contributed by atoms with Gasteiger partial charge in [-0.25, -0.2) is 0 Å². The van der Waals surface area contributed by atoms with Crippen molar-refractivity contribution in [2.45, 2.75) is 25.3 Å². The molecule has 27 heavy (non-hydrogen) atoms. The molecule has 0 bridgehead atoms. The summed E-state index contributed by atoms with van der Waals surface area (Å²) in [6.45, 7) is 1.93. The zero-order valence-electron chi connectivity index (χ0n) is 15.9. The highest BCUT2D eigenvalue weighted by molar-refractivity contribution is 6.08.